The van der Waals surface area contributed by atoms with E-state index in [4.69, 9.17) is 9.47 Å². The van der Waals surface area contributed by atoms with Crippen molar-refractivity contribution >= 4 is 15.9 Å². The van der Waals surface area contributed by atoms with Gasteiger partial charge >= 0.3 is 0 Å². The Hall–Kier alpha value is -2.58. The first kappa shape index (κ1) is 22.1. The molecule has 1 N–H and O–H groups in total. The second-order valence-electron chi connectivity index (χ2n) is 7.27. The lowest BCUT2D eigenvalue weighted by molar-refractivity contribution is -0.123. The van der Waals surface area contributed by atoms with Crippen LogP contribution in [-0.2, 0) is 14.8 Å². The third-order valence-electron chi connectivity index (χ3n) is 5.13. The van der Waals surface area contributed by atoms with Gasteiger partial charge in [0.25, 0.3) is 5.91 Å². The summed E-state index contributed by atoms with van der Waals surface area (Å²) in [5.74, 6) is 1.02. The van der Waals surface area contributed by atoms with E-state index in [-0.39, 0.29) is 24.0 Å². The number of benzene rings is 2. The summed E-state index contributed by atoms with van der Waals surface area (Å²) in [6, 6.07) is 12.1. The van der Waals surface area contributed by atoms with Crippen LogP contribution in [0.25, 0.3) is 0 Å². The molecule has 1 saturated heterocycles. The minimum atomic E-state index is -3.42. The Kier molecular flexibility index (Phi) is 7.33. The van der Waals surface area contributed by atoms with Gasteiger partial charge in [0.2, 0.25) is 10.0 Å². The van der Waals surface area contributed by atoms with Crippen LogP contribution >= 0.6 is 0 Å². The Morgan fingerprint density at radius 2 is 1.73 bits per heavy atom. The standard InChI is InChI=1S/C22H28N2O5S/c1-17-6-5-7-21(18(17)2)29-16-22(25)23-12-15-28-19-8-10-20(11-9-19)30(26,27)24-13-3-4-14-24/h5-11H,3-4,12-16H2,1-2H3,(H,23,25). The number of carbonyl (C=O) groups is 1. The van der Waals surface area contributed by atoms with Crippen molar-refractivity contribution in [2.45, 2.75) is 31.6 Å². The van der Waals surface area contributed by atoms with E-state index in [9.17, 15) is 13.2 Å². The molecule has 0 radical (unpaired) electrons. The lowest BCUT2D eigenvalue weighted by Crippen LogP contribution is -2.32. The second-order valence-corrected chi connectivity index (χ2v) is 9.21. The van der Waals surface area contributed by atoms with Gasteiger partial charge in [-0.3, -0.25) is 4.79 Å². The monoisotopic (exact) mass is 432 g/mol. The average Bonchev–Trinajstić information content (AvgIpc) is 3.28. The van der Waals surface area contributed by atoms with Gasteiger partial charge in [-0.2, -0.15) is 4.31 Å². The molecule has 2 aromatic rings. The maximum Gasteiger partial charge on any atom is 0.258 e. The highest BCUT2D eigenvalue weighted by Gasteiger charge is 2.26. The summed E-state index contributed by atoms with van der Waals surface area (Å²) in [5.41, 5.74) is 2.13. The molecular weight excluding hydrogens is 404 g/mol. The van der Waals surface area contributed by atoms with Crippen molar-refractivity contribution in [2.75, 3.05) is 32.8 Å². The largest absolute Gasteiger partial charge is 0.492 e. The molecule has 0 aromatic heterocycles. The molecule has 162 valence electrons. The average molecular weight is 433 g/mol. The summed E-state index contributed by atoms with van der Waals surface area (Å²) in [6.45, 7) is 5.64. The van der Waals surface area contributed by atoms with Gasteiger partial charge < -0.3 is 14.8 Å². The number of carbonyl (C=O) groups excluding carboxylic acids is 1. The summed E-state index contributed by atoms with van der Waals surface area (Å²) in [5, 5.41) is 2.74. The third kappa shape index (κ3) is 5.52. The van der Waals surface area contributed by atoms with Crippen LogP contribution in [0.3, 0.4) is 0 Å². The molecule has 3 rings (SSSR count). The number of amides is 1. The number of nitrogens with one attached hydrogen (secondary N) is 1. The topological polar surface area (TPSA) is 84.9 Å². The summed E-state index contributed by atoms with van der Waals surface area (Å²) < 4.78 is 37.7. The van der Waals surface area contributed by atoms with Crippen LogP contribution in [0.2, 0.25) is 0 Å². The third-order valence-corrected chi connectivity index (χ3v) is 7.05. The molecule has 2 aromatic carbocycles. The fraction of sp³-hybridized carbons (Fsp3) is 0.409. The van der Waals surface area contributed by atoms with Crippen molar-refractivity contribution in [3.8, 4) is 11.5 Å². The first-order valence-electron chi connectivity index (χ1n) is 10.1. The van der Waals surface area contributed by atoms with E-state index in [1.165, 1.54) is 4.31 Å². The molecule has 30 heavy (non-hydrogen) atoms. The van der Waals surface area contributed by atoms with Gasteiger partial charge in [-0.25, -0.2) is 8.42 Å². The van der Waals surface area contributed by atoms with Gasteiger partial charge in [0.15, 0.2) is 6.61 Å². The first-order valence-corrected chi connectivity index (χ1v) is 11.5. The predicted molar refractivity (Wildman–Crippen MR) is 114 cm³/mol. The van der Waals surface area contributed by atoms with E-state index in [0.29, 0.717) is 31.1 Å². The molecule has 8 heteroatoms. The normalized spacial score (nSPS) is 14.5. The molecule has 1 amide bonds. The number of rotatable bonds is 9. The van der Waals surface area contributed by atoms with Crippen molar-refractivity contribution in [2.24, 2.45) is 0 Å². The quantitative estimate of drug-likeness (QED) is 0.616. The molecule has 1 heterocycles. The Morgan fingerprint density at radius 3 is 2.43 bits per heavy atom. The maximum atomic E-state index is 12.5. The summed E-state index contributed by atoms with van der Waals surface area (Å²) in [7, 11) is -3.42. The van der Waals surface area contributed by atoms with Gasteiger partial charge in [-0.15, -0.1) is 0 Å². The highest BCUT2D eigenvalue weighted by Crippen LogP contribution is 2.23. The van der Waals surface area contributed by atoms with Crippen LogP contribution in [0.1, 0.15) is 24.0 Å². The van der Waals surface area contributed by atoms with Crippen molar-refractivity contribution < 1.29 is 22.7 Å². The summed E-state index contributed by atoms with van der Waals surface area (Å²) in [4.78, 5) is 12.2. The number of ether oxygens (including phenoxy) is 2. The number of hydrogen-bond acceptors (Lipinski definition) is 5. The molecule has 1 aliphatic heterocycles. The molecule has 0 aliphatic carbocycles. The Labute approximate surface area is 178 Å². The number of nitrogens with zero attached hydrogens (tertiary/aromatic N) is 1. The summed E-state index contributed by atoms with van der Waals surface area (Å²) >= 11 is 0. The van der Waals surface area contributed by atoms with Crippen molar-refractivity contribution in [3.05, 3.63) is 53.6 Å². The van der Waals surface area contributed by atoms with Gasteiger partial charge in [0, 0.05) is 13.1 Å². The van der Waals surface area contributed by atoms with E-state index in [2.05, 4.69) is 5.32 Å². The van der Waals surface area contributed by atoms with E-state index in [1.54, 1.807) is 24.3 Å². The van der Waals surface area contributed by atoms with Crippen LogP contribution in [0, 0.1) is 13.8 Å². The molecular formula is C22H28N2O5S. The lowest BCUT2D eigenvalue weighted by atomic mass is 10.1. The van der Waals surface area contributed by atoms with Crippen LogP contribution in [0.4, 0.5) is 0 Å². The zero-order chi connectivity index (χ0) is 21.6. The van der Waals surface area contributed by atoms with E-state index < -0.39 is 10.0 Å². The number of sulfonamides is 1. The van der Waals surface area contributed by atoms with Crippen molar-refractivity contribution in [1.82, 2.24) is 9.62 Å². The molecule has 1 aliphatic rings. The second kappa shape index (κ2) is 9.95. The van der Waals surface area contributed by atoms with Crippen molar-refractivity contribution in [1.29, 1.82) is 0 Å². The first-order chi connectivity index (χ1) is 14.4. The number of hydrogen-bond donors (Lipinski definition) is 1. The SMILES string of the molecule is Cc1cccc(OCC(=O)NCCOc2ccc(S(=O)(=O)N3CCCC3)cc2)c1C. The Bertz CT molecular complexity index is 968. The molecule has 0 atom stereocenters. The molecule has 0 unspecified atom stereocenters. The van der Waals surface area contributed by atoms with Crippen LogP contribution in [0.5, 0.6) is 11.5 Å². The molecule has 0 saturated carbocycles. The summed E-state index contributed by atoms with van der Waals surface area (Å²) in [6.07, 6.45) is 1.81. The zero-order valence-electron chi connectivity index (χ0n) is 17.4. The van der Waals surface area contributed by atoms with E-state index in [1.807, 2.05) is 32.0 Å². The van der Waals surface area contributed by atoms with Gasteiger partial charge in [-0.05, 0) is 68.1 Å². The van der Waals surface area contributed by atoms with E-state index in [0.717, 1.165) is 24.0 Å². The highest BCUT2D eigenvalue weighted by molar-refractivity contribution is 7.89. The minimum Gasteiger partial charge on any atom is -0.492 e. The molecule has 0 spiro atoms. The Morgan fingerprint density at radius 1 is 1.03 bits per heavy atom. The van der Waals surface area contributed by atoms with E-state index >= 15 is 0 Å². The van der Waals surface area contributed by atoms with Gasteiger partial charge in [0.1, 0.15) is 18.1 Å². The highest BCUT2D eigenvalue weighted by atomic mass is 32.2. The van der Waals surface area contributed by atoms with Crippen LogP contribution in [-0.4, -0.2) is 51.5 Å². The molecule has 7 nitrogen and oxygen atoms in total. The fourth-order valence-electron chi connectivity index (χ4n) is 3.22. The van der Waals surface area contributed by atoms with Crippen LogP contribution < -0.4 is 14.8 Å². The zero-order valence-corrected chi connectivity index (χ0v) is 18.2. The fourth-order valence-corrected chi connectivity index (χ4v) is 4.74. The van der Waals surface area contributed by atoms with Crippen molar-refractivity contribution in [3.63, 3.8) is 0 Å². The maximum absolute atomic E-state index is 12.5. The lowest BCUT2D eigenvalue weighted by Gasteiger charge is -2.15. The van der Waals surface area contributed by atoms with Gasteiger partial charge in [0.05, 0.1) is 11.4 Å². The Balaban J connectivity index is 1.40. The number of aryl methyl sites for hydroxylation is 1. The molecule has 0 bridgehead atoms. The molecule has 1 fully saturated rings. The smallest absolute Gasteiger partial charge is 0.258 e. The predicted octanol–water partition coefficient (Wildman–Crippen LogP) is 2.66. The van der Waals surface area contributed by atoms with Gasteiger partial charge in [-0.1, -0.05) is 12.1 Å². The minimum absolute atomic E-state index is 0.0622. The van der Waals surface area contributed by atoms with Crippen LogP contribution in [0.15, 0.2) is 47.4 Å².